The predicted octanol–water partition coefficient (Wildman–Crippen LogP) is 4.08. The zero-order valence-corrected chi connectivity index (χ0v) is 12.4. The van der Waals surface area contributed by atoms with Gasteiger partial charge < -0.3 is 10.5 Å². The lowest BCUT2D eigenvalue weighted by Crippen LogP contribution is -1.93. The smallest absolute Gasteiger partial charge is 0.146 e. The maximum atomic E-state index is 5.98. The lowest BCUT2D eigenvalue weighted by molar-refractivity contribution is 0.485. The molecule has 0 fully saturated rings. The molecule has 0 radical (unpaired) electrons. The van der Waals surface area contributed by atoms with E-state index in [4.69, 9.17) is 10.5 Å². The number of pyridine rings is 2. The molecule has 2 aromatic heterocycles. The standard InChI is InChI=1S/C15H12BrN3O/c1-9-4-12-13(8-19-9)14(17)2-3-15(12)20-11-5-10(16)6-18-7-11/h2-8H,17H2,1H3. The van der Waals surface area contributed by atoms with E-state index in [2.05, 4.69) is 25.9 Å². The topological polar surface area (TPSA) is 61.0 Å². The number of nitrogen functional groups attached to an aromatic ring is 1. The van der Waals surface area contributed by atoms with Gasteiger partial charge in [0.15, 0.2) is 0 Å². The van der Waals surface area contributed by atoms with Crippen LogP contribution >= 0.6 is 15.9 Å². The van der Waals surface area contributed by atoms with Crippen molar-refractivity contribution in [3.8, 4) is 11.5 Å². The van der Waals surface area contributed by atoms with Gasteiger partial charge in [0.05, 0.1) is 6.20 Å². The Kier molecular flexibility index (Phi) is 3.28. The molecule has 1 aromatic carbocycles. The molecule has 0 atom stereocenters. The first kappa shape index (κ1) is 12.9. The minimum absolute atomic E-state index is 0.667. The number of nitrogens with zero attached hydrogens (tertiary/aromatic N) is 2. The molecule has 0 saturated carbocycles. The van der Waals surface area contributed by atoms with Gasteiger partial charge in [-0.3, -0.25) is 9.97 Å². The average molecular weight is 330 g/mol. The number of halogens is 1. The van der Waals surface area contributed by atoms with E-state index < -0.39 is 0 Å². The van der Waals surface area contributed by atoms with Crippen LogP contribution in [-0.4, -0.2) is 9.97 Å². The van der Waals surface area contributed by atoms with Crippen molar-refractivity contribution < 1.29 is 4.74 Å². The second-order valence-electron chi connectivity index (χ2n) is 4.47. The summed E-state index contributed by atoms with van der Waals surface area (Å²) in [7, 11) is 0. The summed E-state index contributed by atoms with van der Waals surface area (Å²) in [6, 6.07) is 7.51. The van der Waals surface area contributed by atoms with Crippen LogP contribution in [0.5, 0.6) is 11.5 Å². The third kappa shape index (κ3) is 2.44. The molecule has 4 nitrogen and oxygen atoms in total. The molecule has 0 aliphatic rings. The highest BCUT2D eigenvalue weighted by molar-refractivity contribution is 9.10. The van der Waals surface area contributed by atoms with Gasteiger partial charge in [-0.05, 0) is 47.1 Å². The maximum Gasteiger partial charge on any atom is 0.146 e. The SMILES string of the molecule is Cc1cc2c(Oc3cncc(Br)c3)ccc(N)c2cn1. The molecule has 0 unspecified atom stereocenters. The summed E-state index contributed by atoms with van der Waals surface area (Å²) in [6.07, 6.45) is 5.15. The third-order valence-corrected chi connectivity index (χ3v) is 3.37. The predicted molar refractivity (Wildman–Crippen MR) is 82.9 cm³/mol. The zero-order chi connectivity index (χ0) is 14.1. The fraction of sp³-hybridized carbons (Fsp3) is 0.0667. The first-order valence-electron chi connectivity index (χ1n) is 6.07. The number of fused-ring (bicyclic) bond motifs is 1. The van der Waals surface area contributed by atoms with Crippen molar-refractivity contribution in [2.75, 3.05) is 5.73 Å². The summed E-state index contributed by atoms with van der Waals surface area (Å²) in [5.74, 6) is 1.40. The lowest BCUT2D eigenvalue weighted by Gasteiger charge is -2.11. The minimum atomic E-state index is 0.667. The van der Waals surface area contributed by atoms with Gasteiger partial charge in [0.1, 0.15) is 11.5 Å². The number of benzene rings is 1. The van der Waals surface area contributed by atoms with Gasteiger partial charge in [-0.2, -0.15) is 0 Å². The second kappa shape index (κ2) is 5.09. The van der Waals surface area contributed by atoms with Crippen LogP contribution in [0.1, 0.15) is 5.69 Å². The third-order valence-electron chi connectivity index (χ3n) is 2.94. The van der Waals surface area contributed by atoms with Crippen LogP contribution in [0.3, 0.4) is 0 Å². The summed E-state index contributed by atoms with van der Waals surface area (Å²) >= 11 is 3.38. The number of anilines is 1. The number of aryl methyl sites for hydroxylation is 1. The van der Waals surface area contributed by atoms with Crippen LogP contribution in [-0.2, 0) is 0 Å². The van der Waals surface area contributed by atoms with Crippen molar-refractivity contribution in [1.29, 1.82) is 0 Å². The van der Waals surface area contributed by atoms with Crippen LogP contribution in [0, 0.1) is 6.92 Å². The molecular formula is C15H12BrN3O. The molecule has 0 aliphatic heterocycles. The first-order valence-corrected chi connectivity index (χ1v) is 6.86. The van der Waals surface area contributed by atoms with E-state index in [0.29, 0.717) is 11.4 Å². The normalized spacial score (nSPS) is 10.7. The van der Waals surface area contributed by atoms with Gasteiger partial charge in [0.25, 0.3) is 0 Å². The van der Waals surface area contributed by atoms with E-state index in [9.17, 15) is 0 Å². The Morgan fingerprint density at radius 1 is 1.10 bits per heavy atom. The van der Waals surface area contributed by atoms with Crippen molar-refractivity contribution in [2.24, 2.45) is 0 Å². The highest BCUT2D eigenvalue weighted by atomic mass is 79.9. The van der Waals surface area contributed by atoms with E-state index in [1.54, 1.807) is 18.6 Å². The van der Waals surface area contributed by atoms with E-state index >= 15 is 0 Å². The van der Waals surface area contributed by atoms with E-state index in [-0.39, 0.29) is 0 Å². The van der Waals surface area contributed by atoms with Gasteiger partial charge in [-0.15, -0.1) is 0 Å². The number of hydrogen-bond donors (Lipinski definition) is 1. The van der Waals surface area contributed by atoms with Gasteiger partial charge >= 0.3 is 0 Å². The summed E-state index contributed by atoms with van der Waals surface area (Å²) in [5.41, 5.74) is 7.58. The van der Waals surface area contributed by atoms with E-state index in [1.165, 1.54) is 0 Å². The number of aromatic nitrogens is 2. The fourth-order valence-corrected chi connectivity index (χ4v) is 2.35. The number of hydrogen-bond acceptors (Lipinski definition) is 4. The Morgan fingerprint density at radius 2 is 1.95 bits per heavy atom. The molecule has 2 heterocycles. The fourth-order valence-electron chi connectivity index (χ4n) is 2.00. The van der Waals surface area contributed by atoms with Crippen LogP contribution in [0.4, 0.5) is 5.69 Å². The summed E-state index contributed by atoms with van der Waals surface area (Å²) in [6.45, 7) is 1.94. The zero-order valence-electron chi connectivity index (χ0n) is 10.8. The van der Waals surface area contributed by atoms with E-state index in [0.717, 1.165) is 26.7 Å². The van der Waals surface area contributed by atoms with Crippen LogP contribution in [0.2, 0.25) is 0 Å². The Labute approximate surface area is 124 Å². The van der Waals surface area contributed by atoms with Crippen LogP contribution in [0.25, 0.3) is 10.8 Å². The Bertz CT molecular complexity index is 789. The van der Waals surface area contributed by atoms with Crippen molar-refractivity contribution in [2.45, 2.75) is 6.92 Å². The maximum absolute atomic E-state index is 5.98. The quantitative estimate of drug-likeness (QED) is 0.720. The number of ether oxygens (including phenoxy) is 1. The Morgan fingerprint density at radius 3 is 2.75 bits per heavy atom. The molecule has 0 saturated heterocycles. The average Bonchev–Trinajstić information content (AvgIpc) is 2.42. The van der Waals surface area contributed by atoms with E-state index in [1.807, 2.05) is 31.2 Å². The molecule has 0 bridgehead atoms. The monoisotopic (exact) mass is 329 g/mol. The largest absolute Gasteiger partial charge is 0.455 e. The molecule has 2 N–H and O–H groups in total. The van der Waals surface area contributed by atoms with Crippen molar-refractivity contribution in [1.82, 2.24) is 9.97 Å². The summed E-state index contributed by atoms with van der Waals surface area (Å²) < 4.78 is 6.77. The van der Waals surface area contributed by atoms with Crippen molar-refractivity contribution >= 4 is 32.4 Å². The van der Waals surface area contributed by atoms with Crippen molar-refractivity contribution in [3.63, 3.8) is 0 Å². The lowest BCUT2D eigenvalue weighted by atomic mass is 10.1. The summed E-state index contributed by atoms with van der Waals surface area (Å²) in [4.78, 5) is 8.36. The van der Waals surface area contributed by atoms with Gasteiger partial charge in [0.2, 0.25) is 0 Å². The molecule has 3 aromatic rings. The number of nitrogens with two attached hydrogens (primary N) is 1. The van der Waals surface area contributed by atoms with Crippen molar-refractivity contribution in [3.05, 3.63) is 53.0 Å². The minimum Gasteiger partial charge on any atom is -0.455 e. The second-order valence-corrected chi connectivity index (χ2v) is 5.38. The highest BCUT2D eigenvalue weighted by Crippen LogP contribution is 2.33. The molecule has 5 heteroatoms. The summed E-state index contributed by atoms with van der Waals surface area (Å²) in [5, 5.41) is 1.83. The molecule has 100 valence electrons. The Balaban J connectivity index is 2.12. The first-order chi connectivity index (χ1) is 9.63. The van der Waals surface area contributed by atoms with Gasteiger partial charge in [0, 0.05) is 39.0 Å². The number of rotatable bonds is 2. The highest BCUT2D eigenvalue weighted by Gasteiger charge is 2.08. The van der Waals surface area contributed by atoms with Gasteiger partial charge in [-0.25, -0.2) is 0 Å². The molecule has 3 rings (SSSR count). The molecule has 0 spiro atoms. The Hall–Kier alpha value is -2.14. The van der Waals surface area contributed by atoms with Crippen LogP contribution < -0.4 is 10.5 Å². The van der Waals surface area contributed by atoms with Gasteiger partial charge in [-0.1, -0.05) is 0 Å². The van der Waals surface area contributed by atoms with Crippen LogP contribution in [0.15, 0.2) is 47.3 Å². The molecule has 20 heavy (non-hydrogen) atoms. The molecular weight excluding hydrogens is 318 g/mol. The molecule has 0 amide bonds. The molecule has 0 aliphatic carbocycles.